The molecule has 0 amide bonds. The van der Waals surface area contributed by atoms with Crippen LogP contribution in [-0.2, 0) is 19.6 Å². The third-order valence-electron chi connectivity index (χ3n) is 4.36. The zero-order valence-electron chi connectivity index (χ0n) is 16.9. The van der Waals surface area contributed by atoms with Crippen molar-refractivity contribution in [3.05, 3.63) is 63.3 Å². The van der Waals surface area contributed by atoms with Crippen molar-refractivity contribution in [1.29, 1.82) is 0 Å². The number of aromatic nitrogens is 1. The molecule has 0 aliphatic rings. The number of esters is 1. The zero-order valence-corrected chi connectivity index (χ0v) is 19.2. The number of aromatic amines is 1. The standard InChI is InChI=1S/C21H18Cl2N2O6S/c1-3-31-21(28)19-14(18-15(23)8-11(22)9-17(18)24-19)10-13(20(26)27)12-6-4-5-7-16(12)25-32(2,29)30/h4-10,24-25H,3H2,1-2H3,(H,26,27). The van der Waals surface area contributed by atoms with E-state index in [9.17, 15) is 23.1 Å². The lowest BCUT2D eigenvalue weighted by Gasteiger charge is -2.12. The topological polar surface area (TPSA) is 126 Å². The Morgan fingerprint density at radius 3 is 2.53 bits per heavy atom. The van der Waals surface area contributed by atoms with Crippen molar-refractivity contribution in [3.63, 3.8) is 0 Å². The number of carboxylic acids is 1. The summed E-state index contributed by atoms with van der Waals surface area (Å²) in [5.74, 6) is -2.06. The number of benzene rings is 2. The molecule has 3 aromatic rings. The van der Waals surface area contributed by atoms with Gasteiger partial charge in [-0.3, -0.25) is 4.72 Å². The average molecular weight is 497 g/mol. The van der Waals surface area contributed by atoms with Crippen LogP contribution in [0.2, 0.25) is 10.0 Å². The van der Waals surface area contributed by atoms with Crippen LogP contribution >= 0.6 is 23.2 Å². The molecule has 0 aliphatic heterocycles. The number of ether oxygens (including phenoxy) is 1. The highest BCUT2D eigenvalue weighted by atomic mass is 35.5. The Hall–Kier alpha value is -3.01. The van der Waals surface area contributed by atoms with E-state index in [1.165, 1.54) is 24.3 Å². The Morgan fingerprint density at radius 1 is 1.22 bits per heavy atom. The molecule has 3 rings (SSSR count). The van der Waals surface area contributed by atoms with Crippen LogP contribution in [0.25, 0.3) is 22.6 Å². The number of halogens is 2. The molecule has 0 saturated carbocycles. The van der Waals surface area contributed by atoms with Crippen LogP contribution in [0.4, 0.5) is 5.69 Å². The Balaban J connectivity index is 2.34. The van der Waals surface area contributed by atoms with Gasteiger partial charge in [0.25, 0.3) is 0 Å². The number of hydrogen-bond donors (Lipinski definition) is 3. The van der Waals surface area contributed by atoms with E-state index in [1.54, 1.807) is 25.1 Å². The number of aliphatic carboxylic acids is 1. The quantitative estimate of drug-likeness (QED) is 0.322. The molecule has 32 heavy (non-hydrogen) atoms. The lowest BCUT2D eigenvalue weighted by Crippen LogP contribution is -2.12. The Morgan fingerprint density at radius 2 is 1.91 bits per heavy atom. The normalized spacial score (nSPS) is 12.1. The van der Waals surface area contributed by atoms with Crippen molar-refractivity contribution >= 4 is 73.4 Å². The van der Waals surface area contributed by atoms with E-state index in [1.807, 2.05) is 0 Å². The highest BCUT2D eigenvalue weighted by Crippen LogP contribution is 2.36. The summed E-state index contributed by atoms with van der Waals surface area (Å²) in [6, 6.07) is 9.01. The molecule has 1 aromatic heterocycles. The number of rotatable bonds is 7. The Bertz CT molecular complexity index is 1360. The van der Waals surface area contributed by atoms with Gasteiger partial charge >= 0.3 is 11.9 Å². The van der Waals surface area contributed by atoms with Crippen LogP contribution in [0, 0.1) is 0 Å². The van der Waals surface area contributed by atoms with Crippen LogP contribution in [0.15, 0.2) is 36.4 Å². The van der Waals surface area contributed by atoms with Crippen LogP contribution in [0.1, 0.15) is 28.5 Å². The third-order valence-corrected chi connectivity index (χ3v) is 5.47. The minimum atomic E-state index is -3.68. The Labute approximate surface area is 193 Å². The maximum Gasteiger partial charge on any atom is 0.355 e. The summed E-state index contributed by atoms with van der Waals surface area (Å²) in [6.07, 6.45) is 2.20. The molecule has 8 nitrogen and oxygen atoms in total. The number of sulfonamides is 1. The van der Waals surface area contributed by atoms with E-state index in [4.69, 9.17) is 27.9 Å². The molecular formula is C21H18Cl2N2O6S. The molecule has 0 radical (unpaired) electrons. The van der Waals surface area contributed by atoms with Crippen LogP contribution in [0.5, 0.6) is 0 Å². The Kier molecular flexibility index (Phi) is 6.82. The van der Waals surface area contributed by atoms with Gasteiger partial charge in [-0.2, -0.15) is 0 Å². The molecule has 0 bridgehead atoms. The first-order chi connectivity index (χ1) is 15.0. The number of nitrogens with one attached hydrogen (secondary N) is 2. The first kappa shape index (κ1) is 23.6. The lowest BCUT2D eigenvalue weighted by molar-refractivity contribution is -0.130. The number of fused-ring (bicyclic) bond motifs is 1. The van der Waals surface area contributed by atoms with Crippen LogP contribution < -0.4 is 4.72 Å². The highest BCUT2D eigenvalue weighted by molar-refractivity contribution is 7.92. The van der Waals surface area contributed by atoms with E-state index in [0.717, 1.165) is 6.26 Å². The number of H-pyrrole nitrogens is 1. The van der Waals surface area contributed by atoms with Gasteiger partial charge in [-0.15, -0.1) is 0 Å². The minimum Gasteiger partial charge on any atom is -0.478 e. The zero-order chi connectivity index (χ0) is 23.6. The highest BCUT2D eigenvalue weighted by Gasteiger charge is 2.23. The van der Waals surface area contributed by atoms with Gasteiger partial charge in [-0.25, -0.2) is 18.0 Å². The number of carbonyl (C=O) groups excluding carboxylic acids is 1. The van der Waals surface area contributed by atoms with Gasteiger partial charge in [0.1, 0.15) is 5.69 Å². The predicted molar refractivity (Wildman–Crippen MR) is 125 cm³/mol. The summed E-state index contributed by atoms with van der Waals surface area (Å²) in [4.78, 5) is 27.7. The van der Waals surface area contributed by atoms with Crippen molar-refractivity contribution < 1.29 is 27.9 Å². The van der Waals surface area contributed by atoms with Crippen molar-refractivity contribution in [2.24, 2.45) is 0 Å². The van der Waals surface area contributed by atoms with Crippen LogP contribution in [-0.4, -0.2) is 43.3 Å². The summed E-state index contributed by atoms with van der Waals surface area (Å²) < 4.78 is 30.9. The molecule has 3 N–H and O–H groups in total. The molecule has 0 aliphatic carbocycles. The summed E-state index contributed by atoms with van der Waals surface area (Å²) >= 11 is 12.4. The first-order valence-electron chi connectivity index (χ1n) is 9.21. The van der Waals surface area contributed by atoms with Gasteiger partial charge in [-0.1, -0.05) is 41.4 Å². The molecule has 0 spiro atoms. The largest absolute Gasteiger partial charge is 0.478 e. The van der Waals surface area contributed by atoms with E-state index in [2.05, 4.69) is 9.71 Å². The van der Waals surface area contributed by atoms with E-state index < -0.39 is 22.0 Å². The fraction of sp³-hybridized carbons (Fsp3) is 0.143. The molecule has 0 atom stereocenters. The predicted octanol–water partition coefficient (Wildman–Crippen LogP) is 4.65. The smallest absolute Gasteiger partial charge is 0.355 e. The fourth-order valence-corrected chi connectivity index (χ4v) is 4.36. The van der Waals surface area contributed by atoms with Gasteiger partial charge in [0.2, 0.25) is 10.0 Å². The second-order valence-electron chi connectivity index (χ2n) is 6.73. The summed E-state index contributed by atoms with van der Waals surface area (Å²) in [5, 5.41) is 10.8. The second-order valence-corrected chi connectivity index (χ2v) is 9.32. The SMILES string of the molecule is CCOC(=O)c1[nH]c2cc(Cl)cc(Cl)c2c1C=C(C(=O)O)c1ccccc1NS(C)(=O)=O. The molecule has 0 unspecified atom stereocenters. The van der Waals surface area contributed by atoms with Crippen molar-refractivity contribution in [2.75, 3.05) is 17.6 Å². The van der Waals surface area contributed by atoms with E-state index >= 15 is 0 Å². The van der Waals surface area contributed by atoms with Crippen LogP contribution in [0.3, 0.4) is 0 Å². The first-order valence-corrected chi connectivity index (χ1v) is 11.9. The van der Waals surface area contributed by atoms with Crippen molar-refractivity contribution in [2.45, 2.75) is 6.92 Å². The molecular weight excluding hydrogens is 479 g/mol. The second kappa shape index (κ2) is 9.23. The monoisotopic (exact) mass is 496 g/mol. The van der Waals surface area contributed by atoms with E-state index in [0.29, 0.717) is 15.9 Å². The number of carbonyl (C=O) groups is 2. The molecule has 168 valence electrons. The summed E-state index contributed by atoms with van der Waals surface area (Å²) in [6.45, 7) is 1.73. The molecule has 0 saturated heterocycles. The average Bonchev–Trinajstić information content (AvgIpc) is 3.04. The van der Waals surface area contributed by atoms with Gasteiger partial charge in [0.05, 0.1) is 29.1 Å². The van der Waals surface area contributed by atoms with Gasteiger partial charge in [-0.05, 0) is 31.2 Å². The molecule has 2 aromatic carbocycles. The molecule has 1 heterocycles. The number of carboxylic acid groups (broad SMARTS) is 1. The minimum absolute atomic E-state index is 0.0154. The maximum absolute atomic E-state index is 12.6. The maximum atomic E-state index is 12.6. The van der Waals surface area contributed by atoms with E-state index in [-0.39, 0.29) is 39.7 Å². The van der Waals surface area contributed by atoms with Gasteiger partial charge < -0.3 is 14.8 Å². The molecule has 0 fully saturated rings. The fourth-order valence-electron chi connectivity index (χ4n) is 3.19. The van der Waals surface area contributed by atoms with Crippen molar-refractivity contribution in [3.8, 4) is 0 Å². The number of hydrogen-bond acceptors (Lipinski definition) is 5. The van der Waals surface area contributed by atoms with Gasteiger partial charge in [0, 0.05) is 27.1 Å². The molecule has 11 heteroatoms. The number of para-hydroxylation sites is 1. The van der Waals surface area contributed by atoms with Gasteiger partial charge in [0.15, 0.2) is 0 Å². The summed E-state index contributed by atoms with van der Waals surface area (Å²) in [7, 11) is -3.68. The third kappa shape index (κ3) is 5.07. The number of anilines is 1. The van der Waals surface area contributed by atoms with Crippen molar-refractivity contribution in [1.82, 2.24) is 4.98 Å². The summed E-state index contributed by atoms with van der Waals surface area (Å²) in [5.41, 5.74) is 0.457. The lowest BCUT2D eigenvalue weighted by atomic mass is 9.99.